The van der Waals surface area contributed by atoms with Gasteiger partial charge in [-0.3, -0.25) is 4.79 Å². The van der Waals surface area contributed by atoms with E-state index < -0.39 is 18.0 Å². The quantitative estimate of drug-likeness (QED) is 0.662. The molecule has 0 saturated heterocycles. The van der Waals surface area contributed by atoms with E-state index in [1.54, 1.807) is 0 Å². The van der Waals surface area contributed by atoms with E-state index in [4.69, 9.17) is 4.74 Å². The highest BCUT2D eigenvalue weighted by atomic mass is 16.5. The van der Waals surface area contributed by atoms with E-state index >= 15 is 0 Å². The van der Waals surface area contributed by atoms with E-state index in [0.717, 1.165) is 24.0 Å². The predicted molar refractivity (Wildman–Crippen MR) is 115 cm³/mol. The van der Waals surface area contributed by atoms with Crippen molar-refractivity contribution in [2.75, 3.05) is 13.2 Å². The third-order valence-electron chi connectivity index (χ3n) is 6.53. The van der Waals surface area contributed by atoms with Crippen LogP contribution in [-0.2, 0) is 9.53 Å². The number of hydrogen-bond acceptors (Lipinski definition) is 3. The number of ether oxygens (including phenoxy) is 1. The highest BCUT2D eigenvalue weighted by molar-refractivity contribution is 5.79. The summed E-state index contributed by atoms with van der Waals surface area (Å²) in [5.41, 5.74) is 4.68. The first kappa shape index (κ1) is 20.5. The average Bonchev–Trinajstić information content (AvgIpc) is 3.09. The fraction of sp³-hybridized carbons (Fsp3) is 0.440. The fourth-order valence-electron chi connectivity index (χ4n) is 4.95. The zero-order chi connectivity index (χ0) is 20.9. The third-order valence-corrected chi connectivity index (χ3v) is 6.53. The highest BCUT2D eigenvalue weighted by Crippen LogP contribution is 2.44. The monoisotopic (exact) mass is 407 g/mol. The first-order chi connectivity index (χ1) is 14.6. The number of carboxylic acids is 1. The van der Waals surface area contributed by atoms with Crippen LogP contribution in [0.2, 0.25) is 0 Å². The van der Waals surface area contributed by atoms with Crippen molar-refractivity contribution in [3.63, 3.8) is 0 Å². The second kappa shape index (κ2) is 9.33. The van der Waals surface area contributed by atoms with Gasteiger partial charge in [0.05, 0.1) is 5.92 Å². The Morgan fingerprint density at radius 1 is 0.967 bits per heavy atom. The van der Waals surface area contributed by atoms with Crippen LogP contribution in [0.15, 0.2) is 48.5 Å². The number of alkyl carbamates (subject to hydrolysis) is 1. The Labute approximate surface area is 177 Å². The van der Waals surface area contributed by atoms with Gasteiger partial charge in [0.25, 0.3) is 0 Å². The summed E-state index contributed by atoms with van der Waals surface area (Å²) in [7, 11) is 0. The first-order valence-electron chi connectivity index (χ1n) is 10.9. The molecule has 5 nitrogen and oxygen atoms in total. The Morgan fingerprint density at radius 2 is 1.57 bits per heavy atom. The summed E-state index contributed by atoms with van der Waals surface area (Å²) in [6, 6.07) is 16.4. The summed E-state index contributed by atoms with van der Waals surface area (Å²) in [6.45, 7) is 0.350. The van der Waals surface area contributed by atoms with Gasteiger partial charge < -0.3 is 15.2 Å². The van der Waals surface area contributed by atoms with Crippen molar-refractivity contribution in [1.29, 1.82) is 0 Å². The Hall–Kier alpha value is -2.82. The van der Waals surface area contributed by atoms with Gasteiger partial charge in [-0.25, -0.2) is 4.79 Å². The molecule has 0 radical (unpaired) electrons. The number of carbonyl (C=O) groups excluding carboxylic acids is 1. The van der Waals surface area contributed by atoms with E-state index in [-0.39, 0.29) is 19.1 Å². The van der Waals surface area contributed by atoms with E-state index in [1.165, 1.54) is 30.4 Å². The molecule has 1 amide bonds. The maximum Gasteiger partial charge on any atom is 0.407 e. The molecule has 30 heavy (non-hydrogen) atoms. The van der Waals surface area contributed by atoms with Crippen molar-refractivity contribution < 1.29 is 19.4 Å². The first-order valence-corrected chi connectivity index (χ1v) is 10.9. The molecule has 2 aromatic rings. The van der Waals surface area contributed by atoms with Crippen LogP contribution in [0, 0.1) is 11.8 Å². The second-order valence-corrected chi connectivity index (χ2v) is 8.48. The summed E-state index contributed by atoms with van der Waals surface area (Å²) in [5, 5.41) is 12.2. The van der Waals surface area contributed by atoms with Crippen molar-refractivity contribution in [1.82, 2.24) is 5.32 Å². The maximum atomic E-state index is 12.3. The topological polar surface area (TPSA) is 75.6 Å². The summed E-state index contributed by atoms with van der Waals surface area (Å²) in [6.07, 6.45) is 5.86. The van der Waals surface area contributed by atoms with Gasteiger partial charge in [-0.15, -0.1) is 0 Å². The highest BCUT2D eigenvalue weighted by Gasteiger charge is 2.29. The fourth-order valence-corrected chi connectivity index (χ4v) is 4.95. The van der Waals surface area contributed by atoms with Crippen LogP contribution in [-0.4, -0.2) is 30.3 Å². The van der Waals surface area contributed by atoms with Gasteiger partial charge in [0.15, 0.2) is 0 Å². The molecule has 1 saturated carbocycles. The Morgan fingerprint density at radius 3 is 2.17 bits per heavy atom. The SMILES string of the molecule is O=C(NC[C@H](CC1CCCCC1)C(=O)O)OCC1c2ccccc2-c2ccccc21. The lowest BCUT2D eigenvalue weighted by molar-refractivity contribution is -0.142. The molecular formula is C25H29NO4. The molecular weight excluding hydrogens is 378 g/mol. The number of carboxylic acid groups (broad SMARTS) is 1. The van der Waals surface area contributed by atoms with Crippen molar-refractivity contribution in [2.24, 2.45) is 11.8 Å². The normalized spacial score (nSPS) is 17.1. The zero-order valence-electron chi connectivity index (χ0n) is 17.2. The second-order valence-electron chi connectivity index (χ2n) is 8.48. The molecule has 0 bridgehead atoms. The minimum absolute atomic E-state index is 0.000611. The van der Waals surface area contributed by atoms with E-state index in [2.05, 4.69) is 29.6 Å². The van der Waals surface area contributed by atoms with Crippen LogP contribution in [0.4, 0.5) is 4.79 Å². The van der Waals surface area contributed by atoms with E-state index in [0.29, 0.717) is 12.3 Å². The molecule has 0 unspecified atom stereocenters. The Balaban J connectivity index is 1.33. The minimum Gasteiger partial charge on any atom is -0.481 e. The summed E-state index contributed by atoms with van der Waals surface area (Å²) in [4.78, 5) is 24.0. The van der Waals surface area contributed by atoms with Crippen LogP contribution in [0.1, 0.15) is 55.6 Å². The summed E-state index contributed by atoms with van der Waals surface area (Å²) < 4.78 is 5.52. The molecule has 0 aromatic heterocycles. The number of nitrogens with one attached hydrogen (secondary N) is 1. The molecule has 158 valence electrons. The number of amides is 1. The minimum atomic E-state index is -0.848. The number of fused-ring (bicyclic) bond motifs is 3. The van der Waals surface area contributed by atoms with Crippen molar-refractivity contribution in [3.05, 3.63) is 59.7 Å². The zero-order valence-corrected chi connectivity index (χ0v) is 17.2. The molecule has 1 fully saturated rings. The van der Waals surface area contributed by atoms with Gasteiger partial charge in [-0.1, -0.05) is 80.6 Å². The molecule has 2 aromatic carbocycles. The van der Waals surface area contributed by atoms with E-state index in [1.807, 2.05) is 24.3 Å². The number of hydrogen-bond donors (Lipinski definition) is 2. The number of rotatable bonds is 7. The van der Waals surface area contributed by atoms with E-state index in [9.17, 15) is 14.7 Å². The Kier molecular flexibility index (Phi) is 6.36. The van der Waals surface area contributed by atoms with Crippen molar-refractivity contribution in [3.8, 4) is 11.1 Å². The molecule has 1 atom stereocenters. The van der Waals surface area contributed by atoms with Gasteiger partial charge >= 0.3 is 12.1 Å². The molecule has 5 heteroatoms. The molecule has 2 aliphatic carbocycles. The third kappa shape index (κ3) is 4.50. The standard InChI is InChI=1S/C25H29NO4/c27-24(28)18(14-17-8-2-1-3-9-17)15-26-25(29)30-16-23-21-12-6-4-10-19(21)20-11-5-7-13-22(20)23/h4-7,10-13,17-18,23H,1-3,8-9,14-16H2,(H,26,29)(H,27,28)/t18-/m0/s1. The number of benzene rings is 2. The van der Waals surface area contributed by atoms with Crippen molar-refractivity contribution in [2.45, 2.75) is 44.4 Å². The molecule has 0 spiro atoms. The molecule has 4 rings (SSSR count). The van der Waals surface area contributed by atoms with Gasteiger partial charge in [0, 0.05) is 12.5 Å². The van der Waals surface area contributed by atoms with Crippen LogP contribution < -0.4 is 5.32 Å². The largest absolute Gasteiger partial charge is 0.481 e. The lowest BCUT2D eigenvalue weighted by Gasteiger charge is -2.24. The Bertz CT molecular complexity index is 858. The predicted octanol–water partition coefficient (Wildman–Crippen LogP) is 5.20. The molecule has 2 aliphatic rings. The van der Waals surface area contributed by atoms with Crippen LogP contribution in [0.5, 0.6) is 0 Å². The van der Waals surface area contributed by atoms with Crippen LogP contribution in [0.25, 0.3) is 11.1 Å². The summed E-state index contributed by atoms with van der Waals surface area (Å²) >= 11 is 0. The maximum absolute atomic E-state index is 12.3. The number of carbonyl (C=O) groups is 2. The lowest BCUT2D eigenvalue weighted by Crippen LogP contribution is -2.35. The molecule has 0 aliphatic heterocycles. The molecule has 0 heterocycles. The van der Waals surface area contributed by atoms with Crippen LogP contribution in [0.3, 0.4) is 0 Å². The van der Waals surface area contributed by atoms with Gasteiger partial charge in [-0.05, 0) is 34.6 Å². The summed E-state index contributed by atoms with van der Waals surface area (Å²) in [5.74, 6) is -0.960. The molecule has 2 N–H and O–H groups in total. The van der Waals surface area contributed by atoms with Crippen LogP contribution >= 0.6 is 0 Å². The van der Waals surface area contributed by atoms with Gasteiger partial charge in [0.1, 0.15) is 6.61 Å². The van der Waals surface area contributed by atoms with Crippen molar-refractivity contribution >= 4 is 12.1 Å². The number of aliphatic carboxylic acids is 1. The average molecular weight is 408 g/mol. The smallest absolute Gasteiger partial charge is 0.407 e. The lowest BCUT2D eigenvalue weighted by atomic mass is 9.83. The van der Waals surface area contributed by atoms with Gasteiger partial charge in [-0.2, -0.15) is 0 Å². The van der Waals surface area contributed by atoms with Gasteiger partial charge in [0.2, 0.25) is 0 Å².